The van der Waals surface area contributed by atoms with Crippen LogP contribution < -0.4 is 5.32 Å². The van der Waals surface area contributed by atoms with Crippen molar-refractivity contribution >= 4 is 0 Å². The number of ether oxygens (including phenoxy) is 1. The predicted molar refractivity (Wildman–Crippen MR) is 65.1 cm³/mol. The fourth-order valence-corrected chi connectivity index (χ4v) is 2.71. The zero-order valence-corrected chi connectivity index (χ0v) is 10.6. The van der Waals surface area contributed by atoms with E-state index in [1.54, 1.807) is 7.11 Å². The maximum atomic E-state index is 5.12. The molecule has 0 radical (unpaired) electrons. The van der Waals surface area contributed by atoms with Gasteiger partial charge in [-0.15, -0.1) is 0 Å². The molecule has 0 saturated heterocycles. The van der Waals surface area contributed by atoms with E-state index < -0.39 is 0 Å². The van der Waals surface area contributed by atoms with Gasteiger partial charge in [-0.25, -0.2) is 0 Å². The summed E-state index contributed by atoms with van der Waals surface area (Å²) in [5.74, 6) is 0. The summed E-state index contributed by atoms with van der Waals surface area (Å²) in [6.45, 7) is 6.78. The normalized spacial score (nSPS) is 31.0. The van der Waals surface area contributed by atoms with Crippen molar-refractivity contribution < 1.29 is 4.74 Å². The molecular weight excluding hydrogens is 186 g/mol. The lowest BCUT2D eigenvalue weighted by Gasteiger charge is -2.24. The van der Waals surface area contributed by atoms with Crippen molar-refractivity contribution in [3.05, 3.63) is 0 Å². The van der Waals surface area contributed by atoms with Crippen molar-refractivity contribution in [2.24, 2.45) is 5.41 Å². The molecular formula is C13H27NO. The first-order valence-electron chi connectivity index (χ1n) is 6.42. The molecule has 0 aromatic rings. The fourth-order valence-electron chi connectivity index (χ4n) is 2.71. The van der Waals surface area contributed by atoms with Gasteiger partial charge in [-0.3, -0.25) is 0 Å². The quantitative estimate of drug-likeness (QED) is 0.656. The van der Waals surface area contributed by atoms with E-state index >= 15 is 0 Å². The van der Waals surface area contributed by atoms with E-state index in [4.69, 9.17) is 4.74 Å². The second-order valence-corrected chi connectivity index (χ2v) is 5.30. The minimum Gasteiger partial charge on any atom is -0.385 e. The van der Waals surface area contributed by atoms with E-state index in [0.717, 1.165) is 12.6 Å². The SMILES string of the molecule is CCCNC1CCC(C)(CCCOC)C1. The van der Waals surface area contributed by atoms with Crippen molar-refractivity contribution in [2.45, 2.75) is 58.4 Å². The molecule has 2 atom stereocenters. The Labute approximate surface area is 94.8 Å². The molecule has 0 aromatic carbocycles. The van der Waals surface area contributed by atoms with Crippen molar-refractivity contribution in [2.75, 3.05) is 20.3 Å². The Hall–Kier alpha value is -0.0800. The Bertz CT molecular complexity index is 172. The number of methoxy groups -OCH3 is 1. The number of hydrogen-bond acceptors (Lipinski definition) is 2. The highest BCUT2D eigenvalue weighted by Gasteiger charge is 2.33. The largest absolute Gasteiger partial charge is 0.385 e. The summed E-state index contributed by atoms with van der Waals surface area (Å²) < 4.78 is 5.12. The van der Waals surface area contributed by atoms with Gasteiger partial charge in [0.05, 0.1) is 0 Å². The maximum Gasteiger partial charge on any atom is 0.0462 e. The molecule has 0 amide bonds. The summed E-state index contributed by atoms with van der Waals surface area (Å²) in [7, 11) is 1.79. The van der Waals surface area contributed by atoms with Crippen molar-refractivity contribution in [3.8, 4) is 0 Å². The molecule has 1 N–H and O–H groups in total. The molecule has 0 heterocycles. The van der Waals surface area contributed by atoms with Crippen LogP contribution in [0.3, 0.4) is 0 Å². The predicted octanol–water partition coefficient (Wildman–Crippen LogP) is 2.97. The van der Waals surface area contributed by atoms with E-state index in [1.165, 1.54) is 45.1 Å². The highest BCUT2D eigenvalue weighted by atomic mass is 16.5. The smallest absolute Gasteiger partial charge is 0.0462 e. The van der Waals surface area contributed by atoms with Crippen molar-refractivity contribution in [3.63, 3.8) is 0 Å². The molecule has 90 valence electrons. The van der Waals surface area contributed by atoms with Crippen LogP contribution in [-0.4, -0.2) is 26.3 Å². The number of hydrogen-bond donors (Lipinski definition) is 1. The van der Waals surface area contributed by atoms with Crippen LogP contribution >= 0.6 is 0 Å². The number of rotatable bonds is 7. The van der Waals surface area contributed by atoms with E-state index in [-0.39, 0.29) is 0 Å². The topological polar surface area (TPSA) is 21.3 Å². The molecule has 1 aliphatic carbocycles. The first kappa shape index (κ1) is 13.0. The Morgan fingerprint density at radius 2 is 2.27 bits per heavy atom. The highest BCUT2D eigenvalue weighted by molar-refractivity contribution is 4.89. The van der Waals surface area contributed by atoms with E-state index in [9.17, 15) is 0 Å². The average molecular weight is 213 g/mol. The van der Waals surface area contributed by atoms with E-state index in [1.807, 2.05) is 0 Å². The highest BCUT2D eigenvalue weighted by Crippen LogP contribution is 2.41. The van der Waals surface area contributed by atoms with Crippen LogP contribution in [0.5, 0.6) is 0 Å². The van der Waals surface area contributed by atoms with Gasteiger partial charge in [0.25, 0.3) is 0 Å². The van der Waals surface area contributed by atoms with Crippen LogP contribution in [0.25, 0.3) is 0 Å². The van der Waals surface area contributed by atoms with Crippen LogP contribution in [0, 0.1) is 5.41 Å². The van der Waals surface area contributed by atoms with Gasteiger partial charge in [-0.2, -0.15) is 0 Å². The zero-order chi connectivity index (χ0) is 11.1. The first-order chi connectivity index (χ1) is 7.20. The summed E-state index contributed by atoms with van der Waals surface area (Å²) in [4.78, 5) is 0. The third-order valence-corrected chi connectivity index (χ3v) is 3.65. The van der Waals surface area contributed by atoms with Gasteiger partial charge in [0, 0.05) is 19.8 Å². The lowest BCUT2D eigenvalue weighted by molar-refractivity contribution is 0.171. The third-order valence-electron chi connectivity index (χ3n) is 3.65. The molecule has 1 fully saturated rings. The van der Waals surface area contributed by atoms with Crippen LogP contribution in [0.1, 0.15) is 52.4 Å². The molecule has 2 heteroatoms. The molecule has 0 bridgehead atoms. The van der Waals surface area contributed by atoms with Crippen LogP contribution in [-0.2, 0) is 4.74 Å². The molecule has 1 aliphatic rings. The van der Waals surface area contributed by atoms with E-state index in [2.05, 4.69) is 19.2 Å². The Kier molecular flexibility index (Phi) is 5.62. The van der Waals surface area contributed by atoms with Crippen molar-refractivity contribution in [1.29, 1.82) is 0 Å². The third kappa shape index (κ3) is 4.52. The zero-order valence-electron chi connectivity index (χ0n) is 10.6. The maximum absolute atomic E-state index is 5.12. The monoisotopic (exact) mass is 213 g/mol. The van der Waals surface area contributed by atoms with Crippen molar-refractivity contribution in [1.82, 2.24) is 5.32 Å². The molecule has 1 saturated carbocycles. The molecule has 15 heavy (non-hydrogen) atoms. The minimum absolute atomic E-state index is 0.573. The van der Waals surface area contributed by atoms with Gasteiger partial charge in [-0.1, -0.05) is 13.8 Å². The van der Waals surface area contributed by atoms with Crippen LogP contribution in [0.2, 0.25) is 0 Å². The lowest BCUT2D eigenvalue weighted by atomic mass is 9.84. The van der Waals surface area contributed by atoms with Crippen LogP contribution in [0.15, 0.2) is 0 Å². The summed E-state index contributed by atoms with van der Waals surface area (Å²) in [5, 5.41) is 3.65. The second-order valence-electron chi connectivity index (χ2n) is 5.30. The van der Waals surface area contributed by atoms with Gasteiger partial charge in [-0.05, 0) is 50.5 Å². The minimum atomic E-state index is 0.573. The molecule has 0 aromatic heterocycles. The Balaban J connectivity index is 2.20. The summed E-state index contributed by atoms with van der Waals surface area (Å²) in [5.41, 5.74) is 0.573. The lowest BCUT2D eigenvalue weighted by Crippen LogP contribution is -2.28. The molecule has 2 nitrogen and oxygen atoms in total. The first-order valence-corrected chi connectivity index (χ1v) is 6.42. The van der Waals surface area contributed by atoms with E-state index in [0.29, 0.717) is 5.41 Å². The summed E-state index contributed by atoms with van der Waals surface area (Å²) in [6, 6.07) is 0.775. The molecule has 0 aliphatic heterocycles. The van der Waals surface area contributed by atoms with Gasteiger partial charge >= 0.3 is 0 Å². The Morgan fingerprint density at radius 1 is 1.47 bits per heavy atom. The fraction of sp³-hybridized carbons (Fsp3) is 1.00. The second kappa shape index (κ2) is 6.49. The standard InChI is InChI=1S/C13H27NO/c1-4-9-14-12-6-8-13(2,11-12)7-5-10-15-3/h12,14H,4-11H2,1-3H3. The van der Waals surface area contributed by atoms with Gasteiger partial charge < -0.3 is 10.1 Å². The molecule has 0 spiro atoms. The Morgan fingerprint density at radius 3 is 2.93 bits per heavy atom. The summed E-state index contributed by atoms with van der Waals surface area (Å²) >= 11 is 0. The molecule has 1 rings (SSSR count). The average Bonchev–Trinajstić information content (AvgIpc) is 2.58. The molecule has 2 unspecified atom stereocenters. The van der Waals surface area contributed by atoms with Crippen LogP contribution in [0.4, 0.5) is 0 Å². The van der Waals surface area contributed by atoms with Gasteiger partial charge in [0.1, 0.15) is 0 Å². The van der Waals surface area contributed by atoms with Gasteiger partial charge in [0.2, 0.25) is 0 Å². The number of nitrogens with one attached hydrogen (secondary N) is 1. The van der Waals surface area contributed by atoms with Gasteiger partial charge in [0.15, 0.2) is 0 Å². The summed E-state index contributed by atoms with van der Waals surface area (Å²) in [6.07, 6.45) is 7.90.